The minimum absolute atomic E-state index is 0.119. The van der Waals surface area contributed by atoms with Gasteiger partial charge in [-0.05, 0) is 24.3 Å². The van der Waals surface area contributed by atoms with Crippen LogP contribution in [0.1, 0.15) is 11.1 Å². The lowest BCUT2D eigenvalue weighted by molar-refractivity contribution is 0.997. The Bertz CT molecular complexity index is 1790. The van der Waals surface area contributed by atoms with Crippen LogP contribution >= 0.6 is 0 Å². The van der Waals surface area contributed by atoms with Crippen LogP contribution in [-0.2, 0) is 0 Å². The molecule has 10 nitrogen and oxygen atoms in total. The number of nitrogens with two attached hydrogens (primary N) is 2. The minimum Gasteiger partial charge on any atom is -0.366 e. The Kier molecular flexibility index (Phi) is 8.09. The topological polar surface area (TPSA) is 177 Å². The van der Waals surface area contributed by atoms with E-state index in [4.69, 9.17) is 22.0 Å². The van der Waals surface area contributed by atoms with Crippen molar-refractivity contribution >= 4 is 11.9 Å². The van der Waals surface area contributed by atoms with Crippen molar-refractivity contribution in [1.29, 1.82) is 10.5 Å². The van der Waals surface area contributed by atoms with Crippen LogP contribution in [-0.4, -0.2) is 30.4 Å². The second kappa shape index (κ2) is 12.6. The molecule has 0 radical (unpaired) electrons. The Morgan fingerprint density at radius 1 is 0.429 bits per heavy atom. The Morgan fingerprint density at radius 3 is 1.19 bits per heavy atom. The van der Waals surface area contributed by atoms with Crippen LogP contribution in [0.3, 0.4) is 0 Å². The molecule has 4 aromatic carbocycles. The van der Waals surface area contributed by atoms with Gasteiger partial charge in [0.25, 0.3) is 0 Å². The highest BCUT2D eigenvalue weighted by Gasteiger charge is 2.14. The Hall–Kier alpha value is -6.52. The number of hydrogen-bond acceptors (Lipinski definition) is 10. The second-order valence-corrected chi connectivity index (χ2v) is 8.85. The summed E-state index contributed by atoms with van der Waals surface area (Å²) >= 11 is 0. The van der Waals surface area contributed by atoms with Gasteiger partial charge in [0.1, 0.15) is 22.8 Å². The molecule has 0 amide bonds. The standard InChI is InChI=1S/2C16H11N5/c2*17-10-11-5-4-8-13(9-11)15-14(19-16(18)21-20-15)12-6-2-1-3-7-12/h2*1-9H,(H2,18,19,21). The van der Waals surface area contributed by atoms with Gasteiger partial charge in [0.05, 0.1) is 23.3 Å². The van der Waals surface area contributed by atoms with Crippen molar-refractivity contribution < 1.29 is 0 Å². The Morgan fingerprint density at radius 2 is 0.810 bits per heavy atom. The molecule has 0 aliphatic rings. The molecule has 0 spiro atoms. The first-order chi connectivity index (χ1) is 20.6. The molecule has 42 heavy (non-hydrogen) atoms. The van der Waals surface area contributed by atoms with Crippen LogP contribution in [0, 0.1) is 22.7 Å². The highest BCUT2D eigenvalue weighted by Crippen LogP contribution is 2.30. The number of nitrogens with zero attached hydrogens (tertiary/aromatic N) is 8. The number of nitriles is 2. The van der Waals surface area contributed by atoms with Gasteiger partial charge in [0.15, 0.2) is 0 Å². The monoisotopic (exact) mass is 546 g/mol. The molecule has 2 heterocycles. The number of hydrogen-bond donors (Lipinski definition) is 2. The van der Waals surface area contributed by atoms with Crippen molar-refractivity contribution in [2.75, 3.05) is 11.5 Å². The smallest absolute Gasteiger partial charge is 0.240 e. The molecule has 0 unspecified atom stereocenters. The largest absolute Gasteiger partial charge is 0.366 e. The first kappa shape index (κ1) is 27.1. The summed E-state index contributed by atoms with van der Waals surface area (Å²) < 4.78 is 0. The number of nitrogen functional groups attached to an aromatic ring is 2. The highest BCUT2D eigenvalue weighted by atomic mass is 15.2. The third kappa shape index (κ3) is 6.20. The molecule has 0 saturated heterocycles. The van der Waals surface area contributed by atoms with Crippen molar-refractivity contribution in [3.8, 4) is 57.2 Å². The molecule has 0 fully saturated rings. The van der Waals surface area contributed by atoms with Crippen LogP contribution in [0.25, 0.3) is 45.0 Å². The van der Waals surface area contributed by atoms with E-state index in [-0.39, 0.29) is 11.9 Å². The third-order valence-electron chi connectivity index (χ3n) is 6.03. The maximum absolute atomic E-state index is 9.02. The lowest BCUT2D eigenvalue weighted by Crippen LogP contribution is -2.02. The number of rotatable bonds is 4. The van der Waals surface area contributed by atoms with Crippen molar-refractivity contribution in [2.24, 2.45) is 0 Å². The van der Waals surface area contributed by atoms with E-state index in [0.717, 1.165) is 22.3 Å². The van der Waals surface area contributed by atoms with E-state index in [0.29, 0.717) is 33.9 Å². The Labute approximate surface area is 241 Å². The van der Waals surface area contributed by atoms with E-state index in [2.05, 4.69) is 42.5 Å². The van der Waals surface area contributed by atoms with E-state index in [1.165, 1.54) is 0 Å². The Balaban J connectivity index is 0.000000168. The normalized spacial score (nSPS) is 10.0. The molecule has 4 N–H and O–H groups in total. The van der Waals surface area contributed by atoms with E-state index in [1.807, 2.05) is 72.8 Å². The van der Waals surface area contributed by atoms with Crippen molar-refractivity contribution in [1.82, 2.24) is 30.4 Å². The van der Waals surface area contributed by atoms with E-state index in [9.17, 15) is 0 Å². The van der Waals surface area contributed by atoms with Crippen LogP contribution in [0.2, 0.25) is 0 Å². The zero-order valence-corrected chi connectivity index (χ0v) is 22.1. The fourth-order valence-corrected chi connectivity index (χ4v) is 4.13. The van der Waals surface area contributed by atoms with Crippen molar-refractivity contribution in [3.05, 3.63) is 120 Å². The van der Waals surface area contributed by atoms with Gasteiger partial charge in [-0.25, -0.2) is 9.97 Å². The van der Waals surface area contributed by atoms with Crippen LogP contribution in [0.15, 0.2) is 109 Å². The first-order valence-electron chi connectivity index (χ1n) is 12.7. The highest BCUT2D eigenvalue weighted by molar-refractivity contribution is 5.79. The summed E-state index contributed by atoms with van der Waals surface area (Å²) in [5, 5.41) is 34.0. The molecule has 200 valence electrons. The molecule has 0 bridgehead atoms. The van der Waals surface area contributed by atoms with Crippen molar-refractivity contribution in [2.45, 2.75) is 0 Å². The van der Waals surface area contributed by atoms with Gasteiger partial charge in [-0.15, -0.1) is 20.4 Å². The van der Waals surface area contributed by atoms with Crippen LogP contribution < -0.4 is 11.5 Å². The molecular weight excluding hydrogens is 524 g/mol. The maximum atomic E-state index is 9.02. The summed E-state index contributed by atoms with van der Waals surface area (Å²) in [6.07, 6.45) is 0. The number of aromatic nitrogens is 6. The molecule has 6 rings (SSSR count). The van der Waals surface area contributed by atoms with E-state index < -0.39 is 0 Å². The maximum Gasteiger partial charge on any atom is 0.240 e. The molecular formula is C32H22N10. The third-order valence-corrected chi connectivity index (χ3v) is 6.03. The summed E-state index contributed by atoms with van der Waals surface area (Å²) in [4.78, 5) is 8.59. The number of anilines is 2. The molecule has 2 aromatic heterocycles. The van der Waals surface area contributed by atoms with Gasteiger partial charge >= 0.3 is 0 Å². The van der Waals surface area contributed by atoms with Gasteiger partial charge in [-0.3, -0.25) is 0 Å². The average Bonchev–Trinajstić information content (AvgIpc) is 3.06. The molecule has 0 saturated carbocycles. The molecule has 0 aliphatic heterocycles. The summed E-state index contributed by atoms with van der Waals surface area (Å²) in [6.45, 7) is 0. The van der Waals surface area contributed by atoms with Crippen molar-refractivity contribution in [3.63, 3.8) is 0 Å². The lowest BCUT2D eigenvalue weighted by Gasteiger charge is -2.08. The summed E-state index contributed by atoms with van der Waals surface area (Å²) in [5.41, 5.74) is 18.3. The predicted octanol–water partition coefficient (Wildman–Crippen LogP) is 5.32. The molecule has 6 aromatic rings. The van der Waals surface area contributed by atoms with Gasteiger partial charge in [-0.1, -0.05) is 84.9 Å². The SMILES string of the molecule is N#Cc1cccc(-c2nnc(N)nc2-c2ccccc2)c1.N#Cc1cccc(-c2nnc(N)nc2-c2ccccc2)c1. The van der Waals surface area contributed by atoms with Gasteiger partial charge < -0.3 is 11.5 Å². The zero-order chi connectivity index (χ0) is 29.3. The van der Waals surface area contributed by atoms with Crippen LogP contribution in [0.5, 0.6) is 0 Å². The lowest BCUT2D eigenvalue weighted by atomic mass is 10.0. The van der Waals surface area contributed by atoms with E-state index in [1.54, 1.807) is 36.4 Å². The zero-order valence-electron chi connectivity index (χ0n) is 22.1. The second-order valence-electron chi connectivity index (χ2n) is 8.85. The van der Waals surface area contributed by atoms with Gasteiger partial charge in [0.2, 0.25) is 11.9 Å². The predicted molar refractivity (Wildman–Crippen MR) is 160 cm³/mol. The fourth-order valence-electron chi connectivity index (χ4n) is 4.13. The van der Waals surface area contributed by atoms with E-state index >= 15 is 0 Å². The minimum atomic E-state index is 0.119. The summed E-state index contributed by atoms with van der Waals surface area (Å²) in [6, 6.07) is 37.8. The molecule has 0 atom stereocenters. The van der Waals surface area contributed by atoms with Crippen LogP contribution in [0.4, 0.5) is 11.9 Å². The van der Waals surface area contributed by atoms with Gasteiger partial charge in [0, 0.05) is 22.3 Å². The fraction of sp³-hybridized carbons (Fsp3) is 0. The average molecular weight is 547 g/mol. The first-order valence-corrected chi connectivity index (χ1v) is 12.7. The number of benzene rings is 4. The molecule has 0 aliphatic carbocycles. The summed E-state index contributed by atoms with van der Waals surface area (Å²) in [5.74, 6) is 0.239. The van der Waals surface area contributed by atoms with Gasteiger partial charge in [-0.2, -0.15) is 10.5 Å². The molecule has 10 heteroatoms. The summed E-state index contributed by atoms with van der Waals surface area (Å²) in [7, 11) is 0. The quantitative estimate of drug-likeness (QED) is 0.294.